The first-order chi connectivity index (χ1) is 17.7. The fourth-order valence-electron chi connectivity index (χ4n) is 3.89. The van der Waals surface area contributed by atoms with Crippen molar-refractivity contribution in [1.82, 2.24) is 9.78 Å². The first kappa shape index (κ1) is 22.6. The van der Waals surface area contributed by atoms with Gasteiger partial charge in [-0.1, -0.05) is 91.0 Å². The maximum Gasteiger partial charge on any atom is 0.266 e. The van der Waals surface area contributed by atoms with Gasteiger partial charge in [0.2, 0.25) is 0 Å². The van der Waals surface area contributed by atoms with Gasteiger partial charge in [-0.15, -0.1) is 0 Å². The van der Waals surface area contributed by atoms with Gasteiger partial charge in [0.15, 0.2) is 0 Å². The molecule has 1 heterocycles. The van der Waals surface area contributed by atoms with Crippen LogP contribution in [0.3, 0.4) is 0 Å². The van der Waals surface area contributed by atoms with E-state index in [4.69, 9.17) is 5.10 Å². The summed E-state index contributed by atoms with van der Waals surface area (Å²) in [6, 6.07) is 41.0. The van der Waals surface area contributed by atoms with E-state index in [1.165, 1.54) is 0 Å². The molecule has 4 aromatic carbocycles. The van der Waals surface area contributed by atoms with E-state index >= 15 is 0 Å². The van der Waals surface area contributed by atoms with Crippen molar-refractivity contribution in [2.75, 3.05) is 5.32 Å². The number of nitriles is 1. The Labute approximate surface area is 209 Å². The van der Waals surface area contributed by atoms with Crippen LogP contribution in [0.25, 0.3) is 34.3 Å². The van der Waals surface area contributed by atoms with Crippen LogP contribution in [0.2, 0.25) is 0 Å². The molecule has 0 atom stereocenters. The molecule has 36 heavy (non-hydrogen) atoms. The van der Waals surface area contributed by atoms with E-state index in [0.717, 1.165) is 33.8 Å². The minimum absolute atomic E-state index is 0.0297. The van der Waals surface area contributed by atoms with Gasteiger partial charge in [0.1, 0.15) is 11.6 Å². The van der Waals surface area contributed by atoms with Crippen molar-refractivity contribution in [1.29, 1.82) is 5.26 Å². The van der Waals surface area contributed by atoms with Crippen LogP contribution in [0.15, 0.2) is 127 Å². The molecule has 5 aromatic rings. The third kappa shape index (κ3) is 4.98. The van der Waals surface area contributed by atoms with Crippen molar-refractivity contribution in [3.63, 3.8) is 0 Å². The Hall–Kier alpha value is -5.21. The first-order valence-electron chi connectivity index (χ1n) is 11.5. The van der Waals surface area contributed by atoms with E-state index in [-0.39, 0.29) is 5.57 Å². The Morgan fingerprint density at radius 1 is 0.778 bits per heavy atom. The monoisotopic (exact) mass is 466 g/mol. The summed E-state index contributed by atoms with van der Waals surface area (Å²) in [7, 11) is 0. The van der Waals surface area contributed by atoms with Crippen LogP contribution in [0.1, 0.15) is 5.56 Å². The SMILES string of the molecule is N#CC(=Cc1ccc(-n2nc(-c3ccccc3)cc2-c2ccccc2)cc1)C(=O)Nc1ccccc1. The Morgan fingerprint density at radius 3 is 1.97 bits per heavy atom. The molecule has 0 spiro atoms. The summed E-state index contributed by atoms with van der Waals surface area (Å²) in [5.41, 5.74) is 6.23. The summed E-state index contributed by atoms with van der Waals surface area (Å²) in [6.45, 7) is 0. The van der Waals surface area contributed by atoms with Gasteiger partial charge in [0.25, 0.3) is 5.91 Å². The quantitative estimate of drug-likeness (QED) is 0.222. The smallest absolute Gasteiger partial charge is 0.266 e. The molecule has 0 unspecified atom stereocenters. The van der Waals surface area contributed by atoms with Crippen LogP contribution in [0.5, 0.6) is 0 Å². The number of nitrogens with zero attached hydrogens (tertiary/aromatic N) is 3. The average Bonchev–Trinajstić information content (AvgIpc) is 3.39. The van der Waals surface area contributed by atoms with Crippen LogP contribution < -0.4 is 5.32 Å². The van der Waals surface area contributed by atoms with Crippen molar-refractivity contribution in [2.24, 2.45) is 0 Å². The van der Waals surface area contributed by atoms with Crippen LogP contribution in [0, 0.1) is 11.3 Å². The highest BCUT2D eigenvalue weighted by atomic mass is 16.1. The number of anilines is 1. The van der Waals surface area contributed by atoms with Crippen LogP contribution >= 0.6 is 0 Å². The van der Waals surface area contributed by atoms with E-state index in [9.17, 15) is 10.1 Å². The second-order valence-corrected chi connectivity index (χ2v) is 8.14. The maximum absolute atomic E-state index is 12.6. The molecule has 0 saturated heterocycles. The van der Waals surface area contributed by atoms with Gasteiger partial charge in [-0.25, -0.2) is 4.68 Å². The normalized spacial score (nSPS) is 11.0. The number of carbonyl (C=O) groups excluding carboxylic acids is 1. The van der Waals surface area contributed by atoms with E-state index in [1.807, 2.05) is 102 Å². The van der Waals surface area contributed by atoms with Crippen molar-refractivity contribution < 1.29 is 4.79 Å². The van der Waals surface area contributed by atoms with Crippen LogP contribution in [-0.2, 0) is 4.79 Å². The minimum atomic E-state index is -0.446. The molecule has 0 aliphatic rings. The summed E-state index contributed by atoms with van der Waals surface area (Å²) < 4.78 is 1.92. The third-order valence-corrected chi connectivity index (χ3v) is 5.69. The first-order valence-corrected chi connectivity index (χ1v) is 11.5. The van der Waals surface area contributed by atoms with Crippen molar-refractivity contribution >= 4 is 17.7 Å². The molecule has 0 radical (unpaired) electrons. The molecule has 0 aliphatic heterocycles. The molecule has 5 rings (SSSR count). The van der Waals surface area contributed by atoms with Crippen molar-refractivity contribution in [2.45, 2.75) is 0 Å². The highest BCUT2D eigenvalue weighted by molar-refractivity contribution is 6.09. The Kier molecular flexibility index (Phi) is 6.50. The Balaban J connectivity index is 1.46. The molecule has 5 heteroatoms. The fraction of sp³-hybridized carbons (Fsp3) is 0. The highest BCUT2D eigenvalue weighted by Crippen LogP contribution is 2.29. The molecule has 0 saturated carbocycles. The molecule has 1 amide bonds. The van der Waals surface area contributed by atoms with Crippen LogP contribution in [-0.4, -0.2) is 15.7 Å². The molecular formula is C31H22N4O. The standard InChI is InChI=1S/C31H22N4O/c32-22-26(31(36)33-27-14-8-3-9-15-27)20-23-16-18-28(19-17-23)35-30(25-12-6-2-7-13-25)21-29(34-35)24-10-4-1-5-11-24/h1-21H,(H,33,36). The largest absolute Gasteiger partial charge is 0.321 e. The van der Waals surface area contributed by atoms with Crippen molar-refractivity contribution in [3.05, 3.63) is 132 Å². The van der Waals surface area contributed by atoms with Gasteiger partial charge < -0.3 is 5.32 Å². The van der Waals surface area contributed by atoms with Crippen LogP contribution in [0.4, 0.5) is 5.69 Å². The molecular weight excluding hydrogens is 444 g/mol. The number of aromatic nitrogens is 2. The maximum atomic E-state index is 12.6. The number of benzene rings is 4. The molecule has 0 aliphatic carbocycles. The zero-order valence-electron chi connectivity index (χ0n) is 19.4. The Bertz CT molecular complexity index is 1550. The lowest BCUT2D eigenvalue weighted by Crippen LogP contribution is -2.13. The van der Waals surface area contributed by atoms with E-state index in [2.05, 4.69) is 23.5 Å². The number of amides is 1. The summed E-state index contributed by atoms with van der Waals surface area (Å²) >= 11 is 0. The number of rotatable bonds is 6. The van der Waals surface area contributed by atoms with E-state index in [1.54, 1.807) is 18.2 Å². The second kappa shape index (κ2) is 10.4. The van der Waals surface area contributed by atoms with Crippen molar-refractivity contribution in [3.8, 4) is 34.3 Å². The van der Waals surface area contributed by atoms with Gasteiger partial charge in [0, 0.05) is 16.8 Å². The molecule has 1 N–H and O–H groups in total. The van der Waals surface area contributed by atoms with Gasteiger partial charge in [-0.2, -0.15) is 10.4 Å². The fourth-order valence-corrected chi connectivity index (χ4v) is 3.89. The van der Waals surface area contributed by atoms with E-state index in [0.29, 0.717) is 5.69 Å². The number of carbonyl (C=O) groups is 1. The molecule has 0 bridgehead atoms. The summed E-state index contributed by atoms with van der Waals surface area (Å²) in [5, 5.41) is 17.2. The molecule has 172 valence electrons. The Morgan fingerprint density at radius 2 is 1.36 bits per heavy atom. The lowest BCUT2D eigenvalue weighted by atomic mass is 10.1. The third-order valence-electron chi connectivity index (χ3n) is 5.69. The molecule has 5 nitrogen and oxygen atoms in total. The van der Waals surface area contributed by atoms with E-state index < -0.39 is 5.91 Å². The minimum Gasteiger partial charge on any atom is -0.321 e. The van der Waals surface area contributed by atoms with Gasteiger partial charge in [-0.3, -0.25) is 4.79 Å². The predicted molar refractivity (Wildman–Crippen MR) is 143 cm³/mol. The predicted octanol–water partition coefficient (Wildman–Crippen LogP) is 6.75. The lowest BCUT2D eigenvalue weighted by Gasteiger charge is -2.08. The summed E-state index contributed by atoms with van der Waals surface area (Å²) in [5.74, 6) is -0.446. The van der Waals surface area contributed by atoms with Gasteiger partial charge in [0.05, 0.1) is 17.1 Å². The number of hydrogen-bond acceptors (Lipinski definition) is 3. The number of para-hydroxylation sites is 1. The average molecular weight is 467 g/mol. The molecule has 1 aromatic heterocycles. The van der Waals surface area contributed by atoms with Gasteiger partial charge in [-0.05, 0) is 42.0 Å². The topological polar surface area (TPSA) is 70.7 Å². The zero-order valence-corrected chi connectivity index (χ0v) is 19.4. The van der Waals surface area contributed by atoms with Gasteiger partial charge >= 0.3 is 0 Å². The summed E-state index contributed by atoms with van der Waals surface area (Å²) in [6.07, 6.45) is 1.58. The number of nitrogens with one attached hydrogen (secondary N) is 1. The second-order valence-electron chi connectivity index (χ2n) is 8.14. The lowest BCUT2D eigenvalue weighted by molar-refractivity contribution is -0.112. The molecule has 0 fully saturated rings. The summed E-state index contributed by atoms with van der Waals surface area (Å²) in [4.78, 5) is 12.6. The highest BCUT2D eigenvalue weighted by Gasteiger charge is 2.14. The zero-order chi connectivity index (χ0) is 24.7. The number of hydrogen-bond donors (Lipinski definition) is 1.